The third-order valence-electron chi connectivity index (χ3n) is 5.53. The summed E-state index contributed by atoms with van der Waals surface area (Å²) in [5.74, 6) is -0.370. The molecule has 1 N–H and O–H groups in total. The highest BCUT2D eigenvalue weighted by molar-refractivity contribution is 6.30. The number of benzene rings is 3. The quantitative estimate of drug-likeness (QED) is 0.585. The number of aromatic carboxylic acids is 1. The van der Waals surface area contributed by atoms with Crippen LogP contribution in [-0.2, 0) is 0 Å². The first-order valence-electron chi connectivity index (χ1n) is 9.55. The van der Waals surface area contributed by atoms with Gasteiger partial charge in [0.2, 0.25) is 0 Å². The molecule has 0 bridgehead atoms. The van der Waals surface area contributed by atoms with Crippen LogP contribution in [0.1, 0.15) is 34.7 Å². The minimum absolute atomic E-state index is 0.329. The lowest BCUT2D eigenvalue weighted by Gasteiger charge is -2.34. The third-order valence-corrected chi connectivity index (χ3v) is 5.78. The minimum Gasteiger partial charge on any atom is -0.478 e. The normalized spacial score (nSPS) is 14.8. The molecule has 4 heteroatoms. The molecule has 0 amide bonds. The van der Waals surface area contributed by atoms with Crippen molar-refractivity contribution >= 4 is 23.3 Å². The van der Waals surface area contributed by atoms with Crippen molar-refractivity contribution in [1.29, 1.82) is 0 Å². The number of carbonyl (C=O) groups is 1. The fraction of sp³-hybridized carbons (Fsp3) is 0.208. The Labute approximate surface area is 170 Å². The number of piperidine rings is 1. The fourth-order valence-electron chi connectivity index (χ4n) is 4.01. The minimum atomic E-state index is -0.885. The number of carboxylic acid groups (broad SMARTS) is 1. The highest BCUT2D eigenvalue weighted by atomic mass is 35.5. The molecule has 3 aromatic carbocycles. The highest BCUT2D eigenvalue weighted by Crippen LogP contribution is 2.36. The lowest BCUT2D eigenvalue weighted by molar-refractivity contribution is 0.0697. The van der Waals surface area contributed by atoms with Gasteiger partial charge in [0.15, 0.2) is 0 Å². The summed E-state index contributed by atoms with van der Waals surface area (Å²) in [6.07, 6.45) is 2.15. The van der Waals surface area contributed by atoms with Crippen molar-refractivity contribution in [3.63, 3.8) is 0 Å². The molecule has 0 saturated carbocycles. The monoisotopic (exact) mass is 391 g/mol. The molecular weight excluding hydrogens is 370 g/mol. The Balaban J connectivity index is 1.50. The van der Waals surface area contributed by atoms with E-state index in [9.17, 15) is 4.79 Å². The second-order valence-electron chi connectivity index (χ2n) is 7.21. The van der Waals surface area contributed by atoms with E-state index in [1.807, 2.05) is 24.3 Å². The molecule has 1 aliphatic rings. The number of carboxylic acids is 1. The summed E-state index contributed by atoms with van der Waals surface area (Å²) in [6.45, 7) is 1.93. The Bertz CT molecular complexity index is 959. The Morgan fingerprint density at radius 1 is 0.893 bits per heavy atom. The van der Waals surface area contributed by atoms with Crippen LogP contribution < -0.4 is 4.90 Å². The maximum atomic E-state index is 11.0. The van der Waals surface area contributed by atoms with Gasteiger partial charge in [0.25, 0.3) is 0 Å². The lowest BCUT2D eigenvalue weighted by Crippen LogP contribution is -2.33. The van der Waals surface area contributed by atoms with Gasteiger partial charge in [-0.2, -0.15) is 0 Å². The number of hydrogen-bond donors (Lipinski definition) is 1. The zero-order valence-corrected chi connectivity index (χ0v) is 16.3. The van der Waals surface area contributed by atoms with E-state index in [1.54, 1.807) is 12.1 Å². The number of hydrogen-bond acceptors (Lipinski definition) is 2. The molecule has 1 fully saturated rings. The van der Waals surface area contributed by atoms with Crippen molar-refractivity contribution in [2.24, 2.45) is 0 Å². The largest absolute Gasteiger partial charge is 0.478 e. The fourth-order valence-corrected chi connectivity index (χ4v) is 4.13. The molecule has 142 valence electrons. The third kappa shape index (κ3) is 3.90. The summed E-state index contributed by atoms with van der Waals surface area (Å²) in [7, 11) is 0. The van der Waals surface area contributed by atoms with Crippen molar-refractivity contribution in [3.8, 4) is 11.1 Å². The highest BCUT2D eigenvalue weighted by Gasteiger charge is 2.23. The summed E-state index contributed by atoms with van der Waals surface area (Å²) in [6, 6.07) is 23.9. The van der Waals surface area contributed by atoms with E-state index in [-0.39, 0.29) is 0 Å². The van der Waals surface area contributed by atoms with E-state index in [4.69, 9.17) is 16.7 Å². The summed E-state index contributed by atoms with van der Waals surface area (Å²) in [5, 5.41) is 9.81. The lowest BCUT2D eigenvalue weighted by atomic mass is 9.84. The Morgan fingerprint density at radius 3 is 2.18 bits per heavy atom. The number of halogens is 1. The Kier molecular flexibility index (Phi) is 5.36. The smallest absolute Gasteiger partial charge is 0.335 e. The average molecular weight is 392 g/mol. The summed E-state index contributed by atoms with van der Waals surface area (Å²) in [4.78, 5) is 13.4. The van der Waals surface area contributed by atoms with Crippen LogP contribution in [0.5, 0.6) is 0 Å². The van der Waals surface area contributed by atoms with Crippen LogP contribution in [0.2, 0.25) is 5.02 Å². The first kappa shape index (κ1) is 18.6. The number of anilines is 1. The number of rotatable bonds is 4. The first-order chi connectivity index (χ1) is 13.6. The predicted octanol–water partition coefficient (Wildman–Crippen LogP) is 6.09. The molecule has 0 spiro atoms. The maximum Gasteiger partial charge on any atom is 0.335 e. The second-order valence-corrected chi connectivity index (χ2v) is 7.64. The van der Waals surface area contributed by atoms with Crippen molar-refractivity contribution < 1.29 is 9.90 Å². The molecule has 1 heterocycles. The Hall–Kier alpha value is -2.78. The van der Waals surface area contributed by atoms with Crippen molar-refractivity contribution in [1.82, 2.24) is 0 Å². The van der Waals surface area contributed by atoms with Gasteiger partial charge in [0.05, 0.1) is 5.56 Å². The van der Waals surface area contributed by atoms with Crippen molar-refractivity contribution in [3.05, 3.63) is 88.9 Å². The van der Waals surface area contributed by atoms with Crippen molar-refractivity contribution in [2.75, 3.05) is 18.0 Å². The molecule has 4 rings (SSSR count). The summed E-state index contributed by atoms with van der Waals surface area (Å²) in [5.41, 5.74) is 5.30. The van der Waals surface area contributed by atoms with Gasteiger partial charge in [-0.1, -0.05) is 48.0 Å². The van der Waals surface area contributed by atoms with Crippen LogP contribution in [-0.4, -0.2) is 24.2 Å². The molecule has 28 heavy (non-hydrogen) atoms. The van der Waals surface area contributed by atoms with Gasteiger partial charge in [0.1, 0.15) is 0 Å². The van der Waals surface area contributed by atoms with Crippen LogP contribution in [0.3, 0.4) is 0 Å². The summed E-state index contributed by atoms with van der Waals surface area (Å²) >= 11 is 6.05. The zero-order chi connectivity index (χ0) is 19.5. The van der Waals surface area contributed by atoms with Crippen molar-refractivity contribution in [2.45, 2.75) is 18.8 Å². The van der Waals surface area contributed by atoms with E-state index >= 15 is 0 Å². The van der Waals surface area contributed by atoms with Crippen LogP contribution in [0, 0.1) is 0 Å². The molecule has 0 atom stereocenters. The van der Waals surface area contributed by atoms with Crippen LogP contribution in [0.25, 0.3) is 11.1 Å². The molecule has 0 aromatic heterocycles. The second kappa shape index (κ2) is 8.07. The number of nitrogens with zero attached hydrogens (tertiary/aromatic N) is 1. The Morgan fingerprint density at radius 2 is 1.54 bits per heavy atom. The van der Waals surface area contributed by atoms with Gasteiger partial charge in [-0.05, 0) is 71.8 Å². The molecule has 0 radical (unpaired) electrons. The van der Waals surface area contributed by atoms with Gasteiger partial charge in [-0.15, -0.1) is 0 Å². The molecule has 0 aliphatic carbocycles. The van der Waals surface area contributed by atoms with E-state index < -0.39 is 5.97 Å². The standard InChI is InChI=1S/C24H22ClNO2/c25-20-9-5-17(6-10-20)22-3-1-2-4-23(22)18-13-15-26(16-14-18)21-11-7-19(8-12-21)24(27)28/h1-12,18H,13-16H2,(H,27,28). The van der Waals surface area contributed by atoms with Gasteiger partial charge >= 0.3 is 5.97 Å². The van der Waals surface area contributed by atoms with E-state index in [0.29, 0.717) is 11.5 Å². The molecular formula is C24H22ClNO2. The predicted molar refractivity (Wildman–Crippen MR) is 114 cm³/mol. The van der Waals surface area contributed by atoms with E-state index in [0.717, 1.165) is 36.6 Å². The zero-order valence-electron chi connectivity index (χ0n) is 15.5. The topological polar surface area (TPSA) is 40.5 Å². The van der Waals surface area contributed by atoms with Crippen LogP contribution in [0.4, 0.5) is 5.69 Å². The maximum absolute atomic E-state index is 11.0. The van der Waals surface area contributed by atoms with E-state index in [1.165, 1.54) is 16.7 Å². The molecule has 1 saturated heterocycles. The van der Waals surface area contributed by atoms with Gasteiger partial charge in [-0.3, -0.25) is 0 Å². The summed E-state index contributed by atoms with van der Waals surface area (Å²) < 4.78 is 0. The van der Waals surface area contributed by atoms with Crippen LogP contribution in [0.15, 0.2) is 72.8 Å². The van der Waals surface area contributed by atoms with Crippen LogP contribution >= 0.6 is 11.6 Å². The molecule has 3 nitrogen and oxygen atoms in total. The molecule has 0 unspecified atom stereocenters. The van der Waals surface area contributed by atoms with Gasteiger partial charge in [-0.25, -0.2) is 4.79 Å². The first-order valence-corrected chi connectivity index (χ1v) is 9.93. The van der Waals surface area contributed by atoms with E-state index in [2.05, 4.69) is 41.3 Å². The SMILES string of the molecule is O=C(O)c1ccc(N2CCC(c3ccccc3-c3ccc(Cl)cc3)CC2)cc1. The molecule has 1 aliphatic heterocycles. The average Bonchev–Trinajstić information content (AvgIpc) is 2.74. The molecule has 3 aromatic rings. The van der Waals surface area contributed by atoms with Gasteiger partial charge in [0, 0.05) is 23.8 Å². The van der Waals surface area contributed by atoms with Gasteiger partial charge < -0.3 is 10.0 Å².